The van der Waals surface area contributed by atoms with E-state index in [1.807, 2.05) is 30.3 Å². The molecule has 1 atom stereocenters. The van der Waals surface area contributed by atoms with Crippen molar-refractivity contribution in [2.24, 2.45) is 0 Å². The third-order valence-electron chi connectivity index (χ3n) is 3.84. The molecule has 2 heterocycles. The van der Waals surface area contributed by atoms with Crippen LogP contribution >= 0.6 is 0 Å². The molecule has 1 amide bonds. The second kappa shape index (κ2) is 6.01. The number of nitrogens with zero attached hydrogens (tertiary/aromatic N) is 2. The second-order valence-corrected chi connectivity index (χ2v) is 5.29. The molecule has 1 fully saturated rings. The van der Waals surface area contributed by atoms with E-state index in [-0.39, 0.29) is 5.69 Å². The standard InChI is InChI=1S/C16H16N2O4/c19-15(18-9-5-4-8-13(18)16(20)21)12-10-14(22-17-12)11-6-2-1-3-7-11/h1-3,6-7,10,13H,4-5,8-9H2,(H,20,21). The van der Waals surface area contributed by atoms with Gasteiger partial charge in [-0.3, -0.25) is 4.79 Å². The van der Waals surface area contributed by atoms with Crippen molar-refractivity contribution in [1.29, 1.82) is 0 Å². The molecule has 0 aliphatic carbocycles. The number of carboxylic acid groups (broad SMARTS) is 1. The number of hydrogen-bond donors (Lipinski definition) is 1. The average molecular weight is 300 g/mol. The van der Waals surface area contributed by atoms with Crippen LogP contribution in [0.4, 0.5) is 0 Å². The van der Waals surface area contributed by atoms with Gasteiger partial charge in [0.25, 0.3) is 5.91 Å². The summed E-state index contributed by atoms with van der Waals surface area (Å²) in [7, 11) is 0. The van der Waals surface area contributed by atoms with Gasteiger partial charge in [-0.1, -0.05) is 35.5 Å². The van der Waals surface area contributed by atoms with Crippen LogP contribution in [0, 0.1) is 0 Å². The highest BCUT2D eigenvalue weighted by molar-refractivity contribution is 5.95. The Balaban J connectivity index is 1.83. The van der Waals surface area contributed by atoms with E-state index in [1.54, 1.807) is 6.07 Å². The van der Waals surface area contributed by atoms with Crippen LogP contribution in [0.1, 0.15) is 29.8 Å². The number of likely N-dealkylation sites (tertiary alicyclic amines) is 1. The summed E-state index contributed by atoms with van der Waals surface area (Å²) in [6, 6.07) is 10.1. The lowest BCUT2D eigenvalue weighted by Crippen LogP contribution is -2.48. The van der Waals surface area contributed by atoms with Gasteiger partial charge < -0.3 is 14.5 Å². The first-order valence-corrected chi connectivity index (χ1v) is 7.23. The molecule has 0 spiro atoms. The van der Waals surface area contributed by atoms with E-state index < -0.39 is 17.9 Å². The lowest BCUT2D eigenvalue weighted by atomic mass is 10.0. The van der Waals surface area contributed by atoms with Gasteiger partial charge in [0.05, 0.1) is 0 Å². The molecule has 1 saturated heterocycles. The molecule has 0 saturated carbocycles. The molecule has 0 bridgehead atoms. The summed E-state index contributed by atoms with van der Waals surface area (Å²) in [6.07, 6.45) is 2.10. The normalized spacial score (nSPS) is 18.2. The zero-order valence-corrected chi connectivity index (χ0v) is 11.9. The van der Waals surface area contributed by atoms with Crippen LogP contribution in [0.2, 0.25) is 0 Å². The predicted octanol–water partition coefficient (Wildman–Crippen LogP) is 2.42. The van der Waals surface area contributed by atoms with E-state index in [4.69, 9.17) is 4.52 Å². The summed E-state index contributed by atoms with van der Waals surface area (Å²) in [5.41, 5.74) is 0.967. The number of piperidine rings is 1. The molecule has 1 unspecified atom stereocenters. The van der Waals surface area contributed by atoms with Crippen LogP contribution in [0.5, 0.6) is 0 Å². The van der Waals surface area contributed by atoms with Crippen LogP contribution in [0.15, 0.2) is 40.9 Å². The van der Waals surface area contributed by atoms with Crippen molar-refractivity contribution in [3.8, 4) is 11.3 Å². The highest BCUT2D eigenvalue weighted by Gasteiger charge is 2.33. The molecule has 1 aromatic heterocycles. The van der Waals surface area contributed by atoms with Gasteiger partial charge >= 0.3 is 5.97 Å². The Kier molecular flexibility index (Phi) is 3.91. The fourth-order valence-electron chi connectivity index (χ4n) is 2.69. The van der Waals surface area contributed by atoms with Crippen molar-refractivity contribution >= 4 is 11.9 Å². The minimum Gasteiger partial charge on any atom is -0.480 e. The number of carboxylic acids is 1. The number of aliphatic carboxylic acids is 1. The van der Waals surface area contributed by atoms with Gasteiger partial charge in [-0.25, -0.2) is 4.79 Å². The Morgan fingerprint density at radius 3 is 2.73 bits per heavy atom. The van der Waals surface area contributed by atoms with Crippen molar-refractivity contribution in [3.63, 3.8) is 0 Å². The summed E-state index contributed by atoms with van der Waals surface area (Å²) in [4.78, 5) is 25.2. The van der Waals surface area contributed by atoms with E-state index in [0.29, 0.717) is 18.7 Å². The fraction of sp³-hybridized carbons (Fsp3) is 0.312. The third kappa shape index (κ3) is 2.72. The van der Waals surface area contributed by atoms with Crippen LogP contribution in [-0.2, 0) is 4.79 Å². The SMILES string of the molecule is O=C(O)C1CCCCN1C(=O)c1cc(-c2ccccc2)on1. The van der Waals surface area contributed by atoms with Crippen LogP contribution < -0.4 is 0 Å². The predicted molar refractivity (Wildman–Crippen MR) is 78.3 cm³/mol. The van der Waals surface area contributed by atoms with E-state index in [0.717, 1.165) is 18.4 Å². The summed E-state index contributed by atoms with van der Waals surface area (Å²) in [5, 5.41) is 13.1. The molecule has 6 heteroatoms. The van der Waals surface area contributed by atoms with Crippen molar-refractivity contribution < 1.29 is 19.2 Å². The molecular formula is C16H16N2O4. The lowest BCUT2D eigenvalue weighted by Gasteiger charge is -2.32. The largest absolute Gasteiger partial charge is 0.480 e. The smallest absolute Gasteiger partial charge is 0.326 e. The lowest BCUT2D eigenvalue weighted by molar-refractivity contribution is -0.143. The van der Waals surface area contributed by atoms with E-state index >= 15 is 0 Å². The van der Waals surface area contributed by atoms with Crippen molar-refractivity contribution in [3.05, 3.63) is 42.1 Å². The molecule has 1 aliphatic rings. The van der Waals surface area contributed by atoms with Gasteiger partial charge in [0.1, 0.15) is 6.04 Å². The minimum atomic E-state index is -0.972. The van der Waals surface area contributed by atoms with Crippen molar-refractivity contribution in [1.82, 2.24) is 10.1 Å². The summed E-state index contributed by atoms with van der Waals surface area (Å²) in [6.45, 7) is 0.434. The Bertz CT molecular complexity index is 680. The van der Waals surface area contributed by atoms with E-state index in [2.05, 4.69) is 5.16 Å². The van der Waals surface area contributed by atoms with Gasteiger partial charge in [-0.2, -0.15) is 0 Å². The van der Waals surface area contributed by atoms with E-state index in [9.17, 15) is 14.7 Å². The summed E-state index contributed by atoms with van der Waals surface area (Å²) < 4.78 is 5.21. The topological polar surface area (TPSA) is 83.6 Å². The number of carbonyl (C=O) groups excluding carboxylic acids is 1. The molecule has 1 aromatic carbocycles. The number of carbonyl (C=O) groups is 2. The fourth-order valence-corrected chi connectivity index (χ4v) is 2.69. The van der Waals surface area contributed by atoms with Gasteiger partial charge in [-0.05, 0) is 19.3 Å². The van der Waals surface area contributed by atoms with Crippen LogP contribution in [-0.4, -0.2) is 39.6 Å². The number of rotatable bonds is 3. The Morgan fingerprint density at radius 2 is 2.00 bits per heavy atom. The molecule has 114 valence electrons. The molecule has 0 radical (unpaired) electrons. The molecule has 22 heavy (non-hydrogen) atoms. The van der Waals surface area contributed by atoms with Gasteiger partial charge in [0.15, 0.2) is 11.5 Å². The molecular weight excluding hydrogens is 284 g/mol. The highest BCUT2D eigenvalue weighted by atomic mass is 16.5. The zero-order chi connectivity index (χ0) is 15.5. The second-order valence-electron chi connectivity index (χ2n) is 5.29. The van der Waals surface area contributed by atoms with Gasteiger partial charge in [0.2, 0.25) is 0 Å². The maximum absolute atomic E-state index is 12.5. The maximum atomic E-state index is 12.5. The highest BCUT2D eigenvalue weighted by Crippen LogP contribution is 2.23. The Hall–Kier alpha value is -2.63. The maximum Gasteiger partial charge on any atom is 0.326 e. The number of amides is 1. The van der Waals surface area contributed by atoms with Crippen LogP contribution in [0.25, 0.3) is 11.3 Å². The molecule has 2 aromatic rings. The first-order chi connectivity index (χ1) is 10.7. The molecule has 3 rings (SSSR count). The monoisotopic (exact) mass is 300 g/mol. The average Bonchev–Trinajstić information content (AvgIpc) is 3.05. The number of aromatic nitrogens is 1. The van der Waals surface area contributed by atoms with Crippen LogP contribution in [0.3, 0.4) is 0 Å². The molecule has 1 aliphatic heterocycles. The Morgan fingerprint density at radius 1 is 1.23 bits per heavy atom. The third-order valence-corrected chi connectivity index (χ3v) is 3.84. The van der Waals surface area contributed by atoms with Gasteiger partial charge in [-0.15, -0.1) is 0 Å². The summed E-state index contributed by atoms with van der Waals surface area (Å²) in [5.74, 6) is -0.870. The van der Waals surface area contributed by atoms with Gasteiger partial charge in [0, 0.05) is 18.2 Å². The first kappa shape index (κ1) is 14.3. The zero-order valence-electron chi connectivity index (χ0n) is 11.9. The van der Waals surface area contributed by atoms with Crippen molar-refractivity contribution in [2.75, 3.05) is 6.54 Å². The number of benzene rings is 1. The first-order valence-electron chi connectivity index (χ1n) is 7.23. The van der Waals surface area contributed by atoms with Crippen molar-refractivity contribution in [2.45, 2.75) is 25.3 Å². The summed E-state index contributed by atoms with van der Waals surface area (Å²) >= 11 is 0. The Labute approximate surface area is 127 Å². The minimum absolute atomic E-state index is 0.145. The quantitative estimate of drug-likeness (QED) is 0.941. The molecule has 6 nitrogen and oxygen atoms in total. The molecule has 1 N–H and O–H groups in total. The number of hydrogen-bond acceptors (Lipinski definition) is 4. The van der Waals surface area contributed by atoms with E-state index in [1.165, 1.54) is 4.90 Å².